The molecule has 19 heavy (non-hydrogen) atoms. The Morgan fingerprint density at radius 2 is 1.84 bits per heavy atom. The highest BCUT2D eigenvalue weighted by Gasteiger charge is 2.19. The Labute approximate surface area is 116 Å². The first-order valence-corrected chi connectivity index (χ1v) is 7.48. The minimum Gasteiger partial charge on any atom is -0.308 e. The van der Waals surface area contributed by atoms with Crippen molar-refractivity contribution in [1.82, 2.24) is 9.97 Å². The Morgan fingerprint density at radius 1 is 1.11 bits per heavy atom. The van der Waals surface area contributed by atoms with Gasteiger partial charge in [0.2, 0.25) is 0 Å². The molecule has 0 spiro atoms. The van der Waals surface area contributed by atoms with Gasteiger partial charge in [0.1, 0.15) is 11.6 Å². The van der Waals surface area contributed by atoms with E-state index in [2.05, 4.69) is 31.2 Å². The van der Waals surface area contributed by atoms with Crippen LogP contribution in [0.3, 0.4) is 0 Å². The molecule has 0 aliphatic heterocycles. The van der Waals surface area contributed by atoms with Gasteiger partial charge in [-0.3, -0.25) is 0 Å². The third-order valence-corrected chi connectivity index (χ3v) is 3.85. The SMILES string of the molecule is CC(C)CC(C)c1nc2c(c(NN)n1)CCCCC2. The number of nitrogens with zero attached hydrogens (tertiary/aromatic N) is 2. The van der Waals surface area contributed by atoms with Crippen LogP contribution in [-0.4, -0.2) is 9.97 Å². The molecular weight excluding hydrogens is 236 g/mol. The van der Waals surface area contributed by atoms with E-state index in [0.29, 0.717) is 11.8 Å². The Hall–Kier alpha value is -1.16. The number of nitrogen functional groups attached to an aromatic ring is 1. The minimum absolute atomic E-state index is 0.389. The summed E-state index contributed by atoms with van der Waals surface area (Å²) in [5.74, 6) is 8.49. The Bertz CT molecular complexity index is 428. The van der Waals surface area contributed by atoms with Crippen molar-refractivity contribution >= 4 is 5.82 Å². The number of nitrogens with one attached hydrogen (secondary N) is 1. The summed E-state index contributed by atoms with van der Waals surface area (Å²) in [6.45, 7) is 6.68. The van der Waals surface area contributed by atoms with Gasteiger partial charge in [-0.1, -0.05) is 27.2 Å². The van der Waals surface area contributed by atoms with E-state index in [1.165, 1.54) is 30.5 Å². The number of aryl methyl sites for hydroxylation is 1. The van der Waals surface area contributed by atoms with Crippen LogP contribution in [0.5, 0.6) is 0 Å². The molecule has 0 bridgehead atoms. The van der Waals surface area contributed by atoms with Crippen molar-refractivity contribution in [3.8, 4) is 0 Å². The van der Waals surface area contributed by atoms with Crippen molar-refractivity contribution in [3.63, 3.8) is 0 Å². The zero-order chi connectivity index (χ0) is 13.8. The molecular formula is C15H26N4. The topological polar surface area (TPSA) is 63.8 Å². The molecule has 1 heterocycles. The molecule has 106 valence electrons. The van der Waals surface area contributed by atoms with Gasteiger partial charge >= 0.3 is 0 Å². The van der Waals surface area contributed by atoms with Crippen LogP contribution in [-0.2, 0) is 12.8 Å². The lowest BCUT2D eigenvalue weighted by Crippen LogP contribution is -2.16. The number of nitrogens with two attached hydrogens (primary N) is 1. The molecule has 1 aromatic rings. The molecule has 1 aliphatic carbocycles. The third-order valence-electron chi connectivity index (χ3n) is 3.85. The van der Waals surface area contributed by atoms with Gasteiger partial charge in [0.15, 0.2) is 0 Å². The van der Waals surface area contributed by atoms with Gasteiger partial charge < -0.3 is 5.43 Å². The number of anilines is 1. The molecule has 2 rings (SSSR count). The Balaban J connectivity index is 2.33. The molecule has 4 nitrogen and oxygen atoms in total. The number of fused-ring (bicyclic) bond motifs is 1. The molecule has 0 aromatic carbocycles. The lowest BCUT2D eigenvalue weighted by molar-refractivity contribution is 0.505. The second kappa shape index (κ2) is 6.33. The van der Waals surface area contributed by atoms with Gasteiger partial charge in [0.25, 0.3) is 0 Å². The highest BCUT2D eigenvalue weighted by atomic mass is 15.3. The number of rotatable bonds is 4. The van der Waals surface area contributed by atoms with Crippen LogP contribution in [0, 0.1) is 5.92 Å². The zero-order valence-electron chi connectivity index (χ0n) is 12.4. The van der Waals surface area contributed by atoms with Crippen molar-refractivity contribution in [1.29, 1.82) is 0 Å². The number of hydrogen-bond acceptors (Lipinski definition) is 4. The predicted octanol–water partition coefficient (Wildman–Crippen LogP) is 3.18. The third kappa shape index (κ3) is 3.44. The second-order valence-corrected chi connectivity index (χ2v) is 6.09. The maximum atomic E-state index is 5.65. The van der Waals surface area contributed by atoms with Gasteiger partial charge in [0.05, 0.1) is 0 Å². The molecule has 3 N–H and O–H groups in total. The number of hydrogen-bond donors (Lipinski definition) is 2. The average molecular weight is 262 g/mol. The first-order valence-electron chi connectivity index (χ1n) is 7.48. The summed E-state index contributed by atoms with van der Waals surface area (Å²) in [5.41, 5.74) is 5.23. The molecule has 1 unspecified atom stereocenters. The summed E-state index contributed by atoms with van der Waals surface area (Å²) < 4.78 is 0. The summed E-state index contributed by atoms with van der Waals surface area (Å²) in [6, 6.07) is 0. The lowest BCUT2D eigenvalue weighted by Gasteiger charge is -2.17. The van der Waals surface area contributed by atoms with E-state index in [1.54, 1.807) is 0 Å². The van der Waals surface area contributed by atoms with Crippen LogP contribution >= 0.6 is 0 Å². The molecule has 1 atom stereocenters. The minimum atomic E-state index is 0.389. The summed E-state index contributed by atoms with van der Waals surface area (Å²) in [7, 11) is 0. The highest BCUT2D eigenvalue weighted by Crippen LogP contribution is 2.28. The lowest BCUT2D eigenvalue weighted by atomic mass is 9.97. The fourth-order valence-electron chi connectivity index (χ4n) is 2.94. The second-order valence-electron chi connectivity index (χ2n) is 6.09. The first-order chi connectivity index (χ1) is 9.11. The monoisotopic (exact) mass is 262 g/mol. The van der Waals surface area contributed by atoms with Crippen LogP contribution in [0.4, 0.5) is 5.82 Å². The standard InChI is InChI=1S/C15H26N4/c1-10(2)9-11(3)14-17-13-8-6-4-5-7-12(13)15(18-14)19-16/h10-11H,4-9,16H2,1-3H3,(H,17,18,19). The van der Waals surface area contributed by atoms with Crippen LogP contribution in [0.2, 0.25) is 0 Å². The van der Waals surface area contributed by atoms with E-state index in [9.17, 15) is 0 Å². The molecule has 0 fully saturated rings. The smallest absolute Gasteiger partial charge is 0.147 e. The molecule has 0 radical (unpaired) electrons. The Kier molecular flexibility index (Phi) is 4.75. The highest BCUT2D eigenvalue weighted by molar-refractivity contribution is 5.46. The quantitative estimate of drug-likeness (QED) is 0.497. The summed E-state index contributed by atoms with van der Waals surface area (Å²) in [5, 5.41) is 0. The molecule has 1 aromatic heterocycles. The van der Waals surface area contributed by atoms with E-state index in [-0.39, 0.29) is 0 Å². The fourth-order valence-corrected chi connectivity index (χ4v) is 2.94. The van der Waals surface area contributed by atoms with Crippen molar-refractivity contribution in [3.05, 3.63) is 17.1 Å². The van der Waals surface area contributed by atoms with Gasteiger partial charge in [-0.05, 0) is 38.0 Å². The van der Waals surface area contributed by atoms with Gasteiger partial charge in [-0.25, -0.2) is 15.8 Å². The van der Waals surface area contributed by atoms with E-state index < -0.39 is 0 Å². The zero-order valence-corrected chi connectivity index (χ0v) is 12.4. The van der Waals surface area contributed by atoms with E-state index in [4.69, 9.17) is 10.8 Å². The van der Waals surface area contributed by atoms with Crippen molar-refractivity contribution < 1.29 is 0 Å². The molecule has 0 amide bonds. The number of aromatic nitrogens is 2. The van der Waals surface area contributed by atoms with Crippen molar-refractivity contribution in [2.75, 3.05) is 5.43 Å². The first kappa shape index (κ1) is 14.3. The normalized spacial score (nSPS) is 16.9. The predicted molar refractivity (Wildman–Crippen MR) is 79.0 cm³/mol. The van der Waals surface area contributed by atoms with Crippen LogP contribution < -0.4 is 11.3 Å². The van der Waals surface area contributed by atoms with Crippen LogP contribution in [0.25, 0.3) is 0 Å². The Morgan fingerprint density at radius 3 is 2.53 bits per heavy atom. The molecule has 1 aliphatic rings. The van der Waals surface area contributed by atoms with Crippen LogP contribution in [0.15, 0.2) is 0 Å². The van der Waals surface area contributed by atoms with Gasteiger partial charge in [0, 0.05) is 17.2 Å². The van der Waals surface area contributed by atoms with E-state index in [1.807, 2.05) is 0 Å². The molecule has 0 saturated heterocycles. The maximum absolute atomic E-state index is 5.65. The fraction of sp³-hybridized carbons (Fsp3) is 0.733. The largest absolute Gasteiger partial charge is 0.308 e. The van der Waals surface area contributed by atoms with E-state index in [0.717, 1.165) is 30.9 Å². The number of hydrazine groups is 1. The summed E-state index contributed by atoms with van der Waals surface area (Å²) in [6.07, 6.45) is 6.94. The van der Waals surface area contributed by atoms with Crippen molar-refractivity contribution in [2.24, 2.45) is 11.8 Å². The molecule has 0 saturated carbocycles. The summed E-state index contributed by atoms with van der Waals surface area (Å²) >= 11 is 0. The van der Waals surface area contributed by atoms with Gasteiger partial charge in [-0.15, -0.1) is 0 Å². The maximum Gasteiger partial charge on any atom is 0.147 e. The van der Waals surface area contributed by atoms with E-state index >= 15 is 0 Å². The molecule has 4 heteroatoms. The van der Waals surface area contributed by atoms with Crippen molar-refractivity contribution in [2.45, 2.75) is 65.2 Å². The van der Waals surface area contributed by atoms with Gasteiger partial charge in [-0.2, -0.15) is 0 Å². The summed E-state index contributed by atoms with van der Waals surface area (Å²) in [4.78, 5) is 9.48. The average Bonchev–Trinajstić information content (AvgIpc) is 2.61. The van der Waals surface area contributed by atoms with Crippen LogP contribution in [0.1, 0.15) is 69.5 Å².